The van der Waals surface area contributed by atoms with Gasteiger partial charge in [-0.2, -0.15) is 0 Å². The molecule has 3 rings (SSSR count). The van der Waals surface area contributed by atoms with Crippen LogP contribution in [0.15, 0.2) is 36.7 Å². The first kappa shape index (κ1) is 15.9. The lowest BCUT2D eigenvalue weighted by Crippen LogP contribution is -2.00. The molecule has 2 aromatic heterocycles. The predicted octanol–water partition coefficient (Wildman–Crippen LogP) is 4.01. The first-order valence-corrected chi connectivity index (χ1v) is 7.29. The lowest BCUT2D eigenvalue weighted by atomic mass is 10.1. The van der Waals surface area contributed by atoms with E-state index in [1.165, 1.54) is 24.3 Å². The number of hydrogen-bond acceptors (Lipinski definition) is 4. The second-order valence-electron chi connectivity index (χ2n) is 5.08. The normalized spacial score (nSPS) is 10.6. The van der Waals surface area contributed by atoms with E-state index in [1.54, 1.807) is 12.4 Å². The third kappa shape index (κ3) is 3.21. The van der Waals surface area contributed by atoms with Gasteiger partial charge in [-0.15, -0.1) is 0 Å². The summed E-state index contributed by atoms with van der Waals surface area (Å²) in [6, 6.07) is 5.44. The van der Waals surface area contributed by atoms with Crippen molar-refractivity contribution in [1.82, 2.24) is 15.0 Å². The number of anilines is 2. The highest BCUT2D eigenvalue weighted by Gasteiger charge is 2.12. The second kappa shape index (κ2) is 6.29. The zero-order valence-electron chi connectivity index (χ0n) is 12.5. The molecule has 0 spiro atoms. The van der Waals surface area contributed by atoms with Crippen LogP contribution in [-0.4, -0.2) is 26.0 Å². The van der Waals surface area contributed by atoms with Crippen molar-refractivity contribution in [2.75, 3.05) is 5.32 Å². The Hall–Kier alpha value is -2.93. The number of aromatic nitrogens is 3. The highest BCUT2D eigenvalue weighted by Crippen LogP contribution is 2.27. The van der Waals surface area contributed by atoms with Gasteiger partial charge in [0.05, 0.1) is 16.4 Å². The largest absolute Gasteiger partial charge is 0.477 e. The minimum Gasteiger partial charge on any atom is -0.477 e. The first-order valence-electron chi connectivity index (χ1n) is 6.92. The molecule has 0 unspecified atom stereocenters. The average molecular weight is 347 g/mol. The molecule has 3 aromatic rings. The van der Waals surface area contributed by atoms with Crippen LogP contribution in [-0.2, 0) is 0 Å². The summed E-state index contributed by atoms with van der Waals surface area (Å²) in [5.41, 5.74) is 2.52. The summed E-state index contributed by atoms with van der Waals surface area (Å²) in [6.07, 6.45) is 3.17. The minimum absolute atomic E-state index is 0.0686. The van der Waals surface area contributed by atoms with Crippen molar-refractivity contribution >= 4 is 29.2 Å². The van der Waals surface area contributed by atoms with Crippen molar-refractivity contribution in [3.8, 4) is 11.3 Å². The van der Waals surface area contributed by atoms with Crippen molar-refractivity contribution in [3.63, 3.8) is 0 Å². The van der Waals surface area contributed by atoms with Crippen LogP contribution in [0.2, 0.25) is 5.02 Å². The Bertz CT molecular complexity index is 926. The maximum atomic E-state index is 13.1. The van der Waals surface area contributed by atoms with E-state index in [0.29, 0.717) is 16.9 Å². The number of H-pyrrole nitrogens is 1. The van der Waals surface area contributed by atoms with Crippen molar-refractivity contribution in [2.24, 2.45) is 0 Å². The number of carbonyl (C=O) groups is 1. The molecule has 0 saturated carbocycles. The Labute approximate surface area is 141 Å². The molecule has 0 saturated heterocycles. The molecule has 0 aliphatic heterocycles. The molecule has 2 heterocycles. The zero-order valence-corrected chi connectivity index (χ0v) is 13.2. The Morgan fingerprint density at radius 2 is 2.17 bits per heavy atom. The maximum absolute atomic E-state index is 13.1. The fourth-order valence-electron chi connectivity index (χ4n) is 2.16. The summed E-state index contributed by atoms with van der Waals surface area (Å²) in [5, 5.41) is 12.1. The Morgan fingerprint density at radius 3 is 2.83 bits per heavy atom. The van der Waals surface area contributed by atoms with Crippen LogP contribution in [0, 0.1) is 12.7 Å². The molecule has 0 aliphatic carbocycles. The van der Waals surface area contributed by atoms with E-state index in [1.807, 2.05) is 6.92 Å². The lowest BCUT2D eigenvalue weighted by molar-refractivity contribution is 0.0691. The molecule has 0 bridgehead atoms. The number of hydrogen-bond donors (Lipinski definition) is 3. The molecule has 1 aromatic carbocycles. The predicted molar refractivity (Wildman–Crippen MR) is 88.2 cm³/mol. The van der Waals surface area contributed by atoms with Crippen molar-refractivity contribution in [1.29, 1.82) is 0 Å². The van der Waals surface area contributed by atoms with Crippen molar-refractivity contribution in [2.45, 2.75) is 6.92 Å². The molecular weight excluding hydrogens is 335 g/mol. The highest BCUT2D eigenvalue weighted by atomic mass is 35.5. The van der Waals surface area contributed by atoms with E-state index in [-0.39, 0.29) is 16.7 Å². The Morgan fingerprint density at radius 1 is 1.38 bits per heavy atom. The van der Waals surface area contributed by atoms with Crippen LogP contribution in [0.5, 0.6) is 0 Å². The number of aryl methyl sites for hydroxylation is 1. The molecule has 122 valence electrons. The van der Waals surface area contributed by atoms with E-state index < -0.39 is 11.8 Å². The summed E-state index contributed by atoms with van der Waals surface area (Å²) >= 11 is 5.98. The number of aromatic amines is 1. The van der Waals surface area contributed by atoms with Crippen LogP contribution in [0.3, 0.4) is 0 Å². The van der Waals surface area contributed by atoms with Crippen LogP contribution in [0.4, 0.5) is 16.0 Å². The standard InChI is InChI=1S/C16H12ClFN4O2/c1-8-6-20-16(21-12-3-2-10(18)5-11(12)17)22-14(8)9-4-13(15(23)24)19-7-9/h2-7,19H,1H3,(H,23,24)(H,20,21,22). The fourth-order valence-corrected chi connectivity index (χ4v) is 2.37. The summed E-state index contributed by atoms with van der Waals surface area (Å²) in [7, 11) is 0. The fraction of sp³-hybridized carbons (Fsp3) is 0.0625. The zero-order chi connectivity index (χ0) is 17.3. The van der Waals surface area contributed by atoms with Gasteiger partial charge in [-0.3, -0.25) is 0 Å². The van der Waals surface area contributed by atoms with Crippen LogP contribution in [0.25, 0.3) is 11.3 Å². The van der Waals surface area contributed by atoms with E-state index in [9.17, 15) is 9.18 Å². The van der Waals surface area contributed by atoms with Gasteiger partial charge in [-0.1, -0.05) is 11.6 Å². The molecule has 0 atom stereocenters. The van der Waals surface area contributed by atoms with E-state index >= 15 is 0 Å². The molecule has 0 aliphatic rings. The Kier molecular flexibility index (Phi) is 4.18. The molecular formula is C16H12ClFN4O2. The number of halogens is 2. The summed E-state index contributed by atoms with van der Waals surface area (Å²) in [4.78, 5) is 22.2. The van der Waals surface area contributed by atoms with Crippen molar-refractivity contribution < 1.29 is 14.3 Å². The minimum atomic E-state index is -1.05. The summed E-state index contributed by atoms with van der Waals surface area (Å²) in [6.45, 7) is 1.82. The van der Waals surface area contributed by atoms with Gasteiger partial charge in [0, 0.05) is 18.0 Å². The average Bonchev–Trinajstić information content (AvgIpc) is 3.02. The van der Waals surface area contributed by atoms with Gasteiger partial charge in [-0.05, 0) is 36.8 Å². The van der Waals surface area contributed by atoms with Gasteiger partial charge in [0.15, 0.2) is 0 Å². The second-order valence-corrected chi connectivity index (χ2v) is 5.49. The highest BCUT2D eigenvalue weighted by molar-refractivity contribution is 6.33. The molecule has 3 N–H and O–H groups in total. The molecule has 0 amide bonds. The van der Waals surface area contributed by atoms with E-state index in [0.717, 1.165) is 5.56 Å². The summed E-state index contributed by atoms with van der Waals surface area (Å²) in [5.74, 6) is -1.23. The van der Waals surface area contributed by atoms with Gasteiger partial charge < -0.3 is 15.4 Å². The molecule has 0 fully saturated rings. The number of benzene rings is 1. The van der Waals surface area contributed by atoms with Gasteiger partial charge in [0.2, 0.25) is 5.95 Å². The Balaban J connectivity index is 1.94. The topological polar surface area (TPSA) is 90.9 Å². The molecule has 0 radical (unpaired) electrons. The third-order valence-corrected chi connectivity index (χ3v) is 3.65. The van der Waals surface area contributed by atoms with E-state index in [2.05, 4.69) is 20.3 Å². The number of nitrogens with one attached hydrogen (secondary N) is 2. The first-order chi connectivity index (χ1) is 11.4. The van der Waals surface area contributed by atoms with Gasteiger partial charge in [0.25, 0.3) is 0 Å². The molecule has 24 heavy (non-hydrogen) atoms. The number of carboxylic acid groups (broad SMARTS) is 1. The number of carboxylic acids is 1. The SMILES string of the molecule is Cc1cnc(Nc2ccc(F)cc2Cl)nc1-c1c[nH]c(C(=O)O)c1. The number of nitrogens with zero attached hydrogens (tertiary/aromatic N) is 2. The quantitative estimate of drug-likeness (QED) is 0.663. The monoisotopic (exact) mass is 346 g/mol. The molecule has 8 heteroatoms. The van der Waals surface area contributed by atoms with Crippen LogP contribution < -0.4 is 5.32 Å². The van der Waals surface area contributed by atoms with Gasteiger partial charge in [0.1, 0.15) is 11.5 Å². The van der Waals surface area contributed by atoms with Crippen LogP contribution >= 0.6 is 11.6 Å². The summed E-state index contributed by atoms with van der Waals surface area (Å²) < 4.78 is 13.1. The van der Waals surface area contributed by atoms with Gasteiger partial charge >= 0.3 is 5.97 Å². The number of rotatable bonds is 4. The van der Waals surface area contributed by atoms with Crippen LogP contribution in [0.1, 0.15) is 16.1 Å². The smallest absolute Gasteiger partial charge is 0.352 e. The molecule has 6 nitrogen and oxygen atoms in total. The van der Waals surface area contributed by atoms with Gasteiger partial charge in [-0.25, -0.2) is 19.2 Å². The number of aromatic carboxylic acids is 1. The maximum Gasteiger partial charge on any atom is 0.352 e. The third-order valence-electron chi connectivity index (χ3n) is 3.34. The van der Waals surface area contributed by atoms with Crippen molar-refractivity contribution in [3.05, 3.63) is 58.8 Å². The lowest BCUT2D eigenvalue weighted by Gasteiger charge is -2.09. The van der Waals surface area contributed by atoms with E-state index in [4.69, 9.17) is 16.7 Å².